The van der Waals surface area contributed by atoms with E-state index in [9.17, 15) is 13.2 Å². The third kappa shape index (κ3) is 4.05. The predicted octanol–water partition coefficient (Wildman–Crippen LogP) is 5.55. The summed E-state index contributed by atoms with van der Waals surface area (Å²) < 4.78 is 52.3. The molecule has 0 saturated heterocycles. The number of pyridine rings is 2. The van der Waals surface area contributed by atoms with Gasteiger partial charge in [0, 0.05) is 23.8 Å². The summed E-state index contributed by atoms with van der Waals surface area (Å²) in [6, 6.07) is 15.9. The zero-order valence-electron chi connectivity index (χ0n) is 17.4. The Bertz CT molecular complexity index is 1460. The molecule has 0 fully saturated rings. The highest BCUT2D eigenvalue weighted by atomic mass is 19.4. The summed E-state index contributed by atoms with van der Waals surface area (Å²) in [6.07, 6.45) is -1.06. The minimum absolute atomic E-state index is 0.109. The maximum Gasteiger partial charge on any atom is 0.416 e. The van der Waals surface area contributed by atoms with Crippen molar-refractivity contribution in [2.24, 2.45) is 0 Å². The van der Waals surface area contributed by atoms with E-state index in [0.29, 0.717) is 34.1 Å². The lowest BCUT2D eigenvalue weighted by Gasteiger charge is -2.10. The Hall–Kier alpha value is -4.14. The fraction of sp³-hybridized carbons (Fsp3) is 0.125. The molecule has 0 saturated carbocycles. The topological polar surface area (TPSA) is 61.5 Å². The summed E-state index contributed by atoms with van der Waals surface area (Å²) >= 11 is 0. The van der Waals surface area contributed by atoms with Crippen molar-refractivity contribution < 1.29 is 22.6 Å². The highest BCUT2D eigenvalue weighted by molar-refractivity contribution is 5.85. The average molecular weight is 450 g/mol. The SMILES string of the molecule is COc1ccc2c(OCc3nnc4ccc(-c5cccc(C(F)(F)F)c5)cn34)ccnc2c1. The molecule has 0 radical (unpaired) electrons. The number of alkyl halides is 3. The van der Waals surface area contributed by atoms with Gasteiger partial charge in [0.25, 0.3) is 0 Å². The van der Waals surface area contributed by atoms with Gasteiger partial charge in [-0.1, -0.05) is 12.1 Å². The molecule has 0 atom stereocenters. The summed E-state index contributed by atoms with van der Waals surface area (Å²) in [5.74, 6) is 1.82. The van der Waals surface area contributed by atoms with Gasteiger partial charge in [-0.05, 0) is 53.6 Å². The van der Waals surface area contributed by atoms with Crippen LogP contribution < -0.4 is 9.47 Å². The molecule has 5 aromatic rings. The minimum atomic E-state index is -4.41. The molecule has 2 aromatic carbocycles. The number of hydrogen-bond acceptors (Lipinski definition) is 5. The van der Waals surface area contributed by atoms with E-state index in [-0.39, 0.29) is 6.61 Å². The smallest absolute Gasteiger partial charge is 0.416 e. The molecule has 166 valence electrons. The van der Waals surface area contributed by atoms with Crippen LogP contribution in [0.1, 0.15) is 11.4 Å². The monoisotopic (exact) mass is 450 g/mol. The van der Waals surface area contributed by atoms with Gasteiger partial charge in [-0.25, -0.2) is 0 Å². The molecule has 0 aliphatic heterocycles. The van der Waals surface area contributed by atoms with Crippen molar-refractivity contribution in [2.45, 2.75) is 12.8 Å². The van der Waals surface area contributed by atoms with Crippen molar-refractivity contribution >= 4 is 16.6 Å². The van der Waals surface area contributed by atoms with Gasteiger partial charge in [0.05, 0.1) is 18.2 Å². The maximum atomic E-state index is 13.1. The molecule has 0 spiro atoms. The van der Waals surface area contributed by atoms with Gasteiger partial charge in [-0.15, -0.1) is 10.2 Å². The van der Waals surface area contributed by atoms with Crippen molar-refractivity contribution in [3.63, 3.8) is 0 Å². The summed E-state index contributed by atoms with van der Waals surface area (Å²) in [7, 11) is 1.59. The van der Waals surface area contributed by atoms with Crippen LogP contribution in [0.2, 0.25) is 0 Å². The highest BCUT2D eigenvalue weighted by Gasteiger charge is 2.30. The van der Waals surface area contributed by atoms with E-state index in [0.717, 1.165) is 23.0 Å². The first-order chi connectivity index (χ1) is 15.9. The van der Waals surface area contributed by atoms with E-state index >= 15 is 0 Å². The fourth-order valence-corrected chi connectivity index (χ4v) is 3.58. The summed E-state index contributed by atoms with van der Waals surface area (Å²) in [4.78, 5) is 4.34. The van der Waals surface area contributed by atoms with Crippen LogP contribution in [-0.2, 0) is 12.8 Å². The second-order valence-electron chi connectivity index (χ2n) is 7.32. The van der Waals surface area contributed by atoms with Crippen molar-refractivity contribution in [3.05, 3.63) is 84.4 Å². The number of rotatable bonds is 5. The van der Waals surface area contributed by atoms with Gasteiger partial charge in [0.2, 0.25) is 0 Å². The lowest BCUT2D eigenvalue weighted by molar-refractivity contribution is -0.137. The van der Waals surface area contributed by atoms with Gasteiger partial charge in [-0.2, -0.15) is 13.2 Å². The lowest BCUT2D eigenvalue weighted by atomic mass is 10.0. The van der Waals surface area contributed by atoms with Crippen LogP contribution in [0, 0.1) is 0 Å². The first kappa shape index (κ1) is 20.7. The molecule has 6 nitrogen and oxygen atoms in total. The van der Waals surface area contributed by atoms with Crippen LogP contribution in [0.3, 0.4) is 0 Å². The van der Waals surface area contributed by atoms with Crippen LogP contribution in [-0.4, -0.2) is 26.7 Å². The number of methoxy groups -OCH3 is 1. The number of benzene rings is 2. The summed E-state index contributed by atoms with van der Waals surface area (Å²) in [5.41, 5.74) is 1.64. The maximum absolute atomic E-state index is 13.1. The molecule has 0 unspecified atom stereocenters. The van der Waals surface area contributed by atoms with Crippen molar-refractivity contribution in [3.8, 4) is 22.6 Å². The van der Waals surface area contributed by atoms with E-state index in [1.165, 1.54) is 6.07 Å². The van der Waals surface area contributed by atoms with Crippen LogP contribution in [0.25, 0.3) is 27.7 Å². The van der Waals surface area contributed by atoms with Crippen LogP contribution >= 0.6 is 0 Å². The third-order valence-corrected chi connectivity index (χ3v) is 5.26. The average Bonchev–Trinajstić information content (AvgIpc) is 3.24. The molecule has 0 N–H and O–H groups in total. The Balaban J connectivity index is 1.45. The van der Waals surface area contributed by atoms with E-state index in [2.05, 4.69) is 15.2 Å². The third-order valence-electron chi connectivity index (χ3n) is 5.26. The Kier molecular flexibility index (Phi) is 5.08. The highest BCUT2D eigenvalue weighted by Crippen LogP contribution is 2.32. The van der Waals surface area contributed by atoms with E-state index in [4.69, 9.17) is 9.47 Å². The fourth-order valence-electron chi connectivity index (χ4n) is 3.58. The molecule has 0 aliphatic rings. The van der Waals surface area contributed by atoms with Gasteiger partial charge in [0.1, 0.15) is 18.1 Å². The predicted molar refractivity (Wildman–Crippen MR) is 116 cm³/mol. The second-order valence-corrected chi connectivity index (χ2v) is 7.32. The summed E-state index contributed by atoms with van der Waals surface area (Å²) in [5, 5.41) is 9.13. The lowest BCUT2D eigenvalue weighted by Crippen LogP contribution is -2.04. The van der Waals surface area contributed by atoms with Crippen LogP contribution in [0.4, 0.5) is 13.2 Å². The Labute approximate surface area is 186 Å². The van der Waals surface area contributed by atoms with Gasteiger partial charge in [0.15, 0.2) is 11.5 Å². The number of aromatic nitrogens is 4. The van der Waals surface area contributed by atoms with Crippen LogP contribution in [0.5, 0.6) is 11.5 Å². The molecule has 33 heavy (non-hydrogen) atoms. The van der Waals surface area contributed by atoms with Crippen molar-refractivity contribution in [1.82, 2.24) is 19.6 Å². The Morgan fingerprint density at radius 1 is 0.939 bits per heavy atom. The molecule has 0 aliphatic carbocycles. The van der Waals surface area contributed by atoms with Crippen molar-refractivity contribution in [2.75, 3.05) is 7.11 Å². The normalized spacial score (nSPS) is 11.8. The van der Waals surface area contributed by atoms with E-state index < -0.39 is 11.7 Å². The number of hydrogen-bond donors (Lipinski definition) is 0. The largest absolute Gasteiger partial charge is 0.497 e. The molecule has 0 bridgehead atoms. The zero-order valence-corrected chi connectivity index (χ0v) is 17.4. The van der Waals surface area contributed by atoms with E-state index in [1.807, 2.05) is 18.2 Å². The van der Waals surface area contributed by atoms with Crippen LogP contribution in [0.15, 0.2) is 73.1 Å². The van der Waals surface area contributed by atoms with Crippen molar-refractivity contribution in [1.29, 1.82) is 0 Å². The van der Waals surface area contributed by atoms with Gasteiger partial charge in [-0.3, -0.25) is 9.38 Å². The molecule has 3 heterocycles. The molecular formula is C24H17F3N4O2. The number of nitrogens with zero attached hydrogens (tertiary/aromatic N) is 4. The number of fused-ring (bicyclic) bond motifs is 2. The molecule has 5 rings (SSSR count). The Morgan fingerprint density at radius 2 is 1.82 bits per heavy atom. The molecule has 9 heteroatoms. The molecule has 3 aromatic heterocycles. The Morgan fingerprint density at radius 3 is 2.64 bits per heavy atom. The number of halogens is 3. The molecular weight excluding hydrogens is 433 g/mol. The first-order valence-electron chi connectivity index (χ1n) is 9.99. The summed E-state index contributed by atoms with van der Waals surface area (Å²) in [6.45, 7) is 0.109. The minimum Gasteiger partial charge on any atom is -0.497 e. The number of ether oxygens (including phenoxy) is 2. The molecule has 0 amide bonds. The van der Waals surface area contributed by atoms with Gasteiger partial charge >= 0.3 is 6.18 Å². The quantitative estimate of drug-likeness (QED) is 0.351. The second kappa shape index (κ2) is 8.09. The zero-order chi connectivity index (χ0) is 23.0. The van der Waals surface area contributed by atoms with Gasteiger partial charge < -0.3 is 9.47 Å². The standard InChI is InChI=1S/C24H17F3N4O2/c1-32-18-6-7-19-20(12-18)28-10-9-21(19)33-14-23-30-29-22-8-5-16(13-31(22)23)15-3-2-4-17(11-15)24(25,26)27/h2-13H,14H2,1H3. The first-order valence-corrected chi connectivity index (χ1v) is 9.99. The van der Waals surface area contributed by atoms with E-state index in [1.54, 1.807) is 48.2 Å².